The Kier molecular flexibility index (Phi) is 8.42. The first kappa shape index (κ1) is 24.2. The lowest BCUT2D eigenvalue weighted by atomic mass is 10.1. The SMILES string of the molecule is CCNc1ncc2c(n1)N(C)CCN(c1cccc(COC(C)CCOC(=O)NC)c1)C2=O. The molecule has 0 spiro atoms. The number of fused-ring (bicyclic) bond motifs is 1. The second-order valence-corrected chi connectivity index (χ2v) is 7.81. The molecule has 1 aromatic heterocycles. The third-order valence-corrected chi connectivity index (χ3v) is 5.32. The van der Waals surface area contributed by atoms with Gasteiger partial charge in [-0.2, -0.15) is 4.98 Å². The molecule has 10 nitrogen and oxygen atoms in total. The third kappa shape index (κ3) is 6.32. The zero-order valence-corrected chi connectivity index (χ0v) is 19.6. The molecule has 2 N–H and O–H groups in total. The fourth-order valence-corrected chi connectivity index (χ4v) is 3.43. The summed E-state index contributed by atoms with van der Waals surface area (Å²) in [6.45, 7) is 6.46. The summed E-state index contributed by atoms with van der Waals surface area (Å²) in [5, 5.41) is 5.50. The number of likely N-dealkylation sites (N-methyl/N-ethyl adjacent to an activating group) is 1. The van der Waals surface area contributed by atoms with E-state index in [2.05, 4.69) is 20.6 Å². The van der Waals surface area contributed by atoms with Crippen molar-refractivity contribution in [3.05, 3.63) is 41.6 Å². The standard InChI is InChI=1S/C23H32N6O4/c1-5-25-22-26-14-19-20(27-22)28(4)10-11-29(21(19)30)18-8-6-7-17(13-18)15-33-16(2)9-12-32-23(31)24-3/h6-8,13-14,16H,5,9-12,15H2,1-4H3,(H,24,31)(H,25,26,27). The van der Waals surface area contributed by atoms with Gasteiger partial charge >= 0.3 is 6.09 Å². The van der Waals surface area contributed by atoms with Crippen LogP contribution in [0.4, 0.5) is 22.2 Å². The fourth-order valence-electron chi connectivity index (χ4n) is 3.43. The molecule has 0 aliphatic carbocycles. The maximum absolute atomic E-state index is 13.3. The van der Waals surface area contributed by atoms with Crippen molar-refractivity contribution < 1.29 is 19.1 Å². The molecule has 2 aromatic rings. The van der Waals surface area contributed by atoms with Crippen LogP contribution in [0, 0.1) is 0 Å². The molecule has 178 valence electrons. The Morgan fingerprint density at radius 1 is 1.30 bits per heavy atom. The third-order valence-electron chi connectivity index (χ3n) is 5.32. The molecule has 2 heterocycles. The first-order chi connectivity index (χ1) is 15.9. The van der Waals surface area contributed by atoms with E-state index >= 15 is 0 Å². The molecule has 2 amide bonds. The van der Waals surface area contributed by atoms with Gasteiger partial charge in [0.15, 0.2) is 0 Å². The highest BCUT2D eigenvalue weighted by atomic mass is 16.5. The monoisotopic (exact) mass is 456 g/mol. The number of hydrogen-bond acceptors (Lipinski definition) is 8. The molecule has 3 rings (SSSR count). The van der Waals surface area contributed by atoms with Crippen LogP contribution >= 0.6 is 0 Å². The molecule has 1 aliphatic heterocycles. The van der Waals surface area contributed by atoms with Gasteiger partial charge in [0.25, 0.3) is 5.91 Å². The quantitative estimate of drug-likeness (QED) is 0.593. The van der Waals surface area contributed by atoms with Crippen LogP contribution in [-0.2, 0) is 16.1 Å². The zero-order valence-electron chi connectivity index (χ0n) is 19.6. The number of carbonyl (C=O) groups excluding carboxylic acids is 2. The van der Waals surface area contributed by atoms with E-state index < -0.39 is 6.09 Å². The molecule has 0 saturated carbocycles. The second kappa shape index (κ2) is 11.5. The Bertz CT molecular complexity index is 970. The van der Waals surface area contributed by atoms with Crippen molar-refractivity contribution in [1.82, 2.24) is 15.3 Å². The smallest absolute Gasteiger partial charge is 0.406 e. The molecule has 10 heteroatoms. The van der Waals surface area contributed by atoms with Gasteiger partial charge in [-0.1, -0.05) is 12.1 Å². The van der Waals surface area contributed by atoms with Gasteiger partial charge in [-0.3, -0.25) is 4.79 Å². The summed E-state index contributed by atoms with van der Waals surface area (Å²) in [6, 6.07) is 7.76. The van der Waals surface area contributed by atoms with Gasteiger partial charge in [0.05, 0.1) is 19.3 Å². The lowest BCUT2D eigenvalue weighted by Crippen LogP contribution is -2.33. The number of amides is 2. The van der Waals surface area contributed by atoms with Crippen LogP contribution in [0.25, 0.3) is 0 Å². The van der Waals surface area contributed by atoms with E-state index in [-0.39, 0.29) is 18.6 Å². The number of hydrogen-bond donors (Lipinski definition) is 2. The van der Waals surface area contributed by atoms with Gasteiger partial charge < -0.3 is 29.9 Å². The zero-order chi connectivity index (χ0) is 23.8. The largest absolute Gasteiger partial charge is 0.449 e. The van der Waals surface area contributed by atoms with Gasteiger partial charge in [0.1, 0.15) is 11.4 Å². The van der Waals surface area contributed by atoms with Gasteiger partial charge in [-0.25, -0.2) is 9.78 Å². The van der Waals surface area contributed by atoms with Gasteiger partial charge in [-0.05, 0) is 31.5 Å². The van der Waals surface area contributed by atoms with E-state index in [1.165, 1.54) is 7.05 Å². The molecule has 0 saturated heterocycles. The molecule has 0 bridgehead atoms. The lowest BCUT2D eigenvalue weighted by molar-refractivity contribution is 0.0327. The van der Waals surface area contributed by atoms with Crippen LogP contribution in [-0.4, -0.2) is 68.4 Å². The average Bonchev–Trinajstić information content (AvgIpc) is 2.94. The van der Waals surface area contributed by atoms with Crippen LogP contribution in [0.2, 0.25) is 0 Å². The number of rotatable bonds is 9. The number of ether oxygens (including phenoxy) is 2. The lowest BCUT2D eigenvalue weighted by Gasteiger charge is -2.22. The predicted molar refractivity (Wildman–Crippen MR) is 127 cm³/mol. The van der Waals surface area contributed by atoms with Crippen LogP contribution in [0.5, 0.6) is 0 Å². The van der Waals surface area contributed by atoms with Crippen molar-refractivity contribution in [1.29, 1.82) is 0 Å². The molecule has 33 heavy (non-hydrogen) atoms. The van der Waals surface area contributed by atoms with E-state index in [4.69, 9.17) is 9.47 Å². The van der Waals surface area contributed by atoms with E-state index in [1.807, 2.05) is 50.1 Å². The number of anilines is 3. The van der Waals surface area contributed by atoms with E-state index in [0.29, 0.717) is 50.0 Å². The number of alkyl carbamates (subject to hydrolysis) is 1. The van der Waals surface area contributed by atoms with Gasteiger partial charge in [-0.15, -0.1) is 0 Å². The van der Waals surface area contributed by atoms with Crippen molar-refractivity contribution >= 4 is 29.5 Å². The number of aromatic nitrogens is 2. The summed E-state index contributed by atoms with van der Waals surface area (Å²) < 4.78 is 10.9. The van der Waals surface area contributed by atoms with Crippen molar-refractivity contribution in [3.8, 4) is 0 Å². The van der Waals surface area contributed by atoms with Crippen molar-refractivity contribution in [3.63, 3.8) is 0 Å². The Morgan fingerprint density at radius 3 is 2.88 bits per heavy atom. The normalized spacial score (nSPS) is 14.4. The molecule has 0 radical (unpaired) electrons. The average molecular weight is 457 g/mol. The summed E-state index contributed by atoms with van der Waals surface area (Å²) in [7, 11) is 3.45. The van der Waals surface area contributed by atoms with Crippen LogP contribution in [0.1, 0.15) is 36.2 Å². The summed E-state index contributed by atoms with van der Waals surface area (Å²) in [5.74, 6) is 1.01. The topological polar surface area (TPSA) is 109 Å². The molecular weight excluding hydrogens is 424 g/mol. The predicted octanol–water partition coefficient (Wildman–Crippen LogP) is 2.66. The van der Waals surface area contributed by atoms with E-state index in [1.54, 1.807) is 11.1 Å². The van der Waals surface area contributed by atoms with Crippen LogP contribution in [0.15, 0.2) is 30.5 Å². The minimum atomic E-state index is -0.451. The Hall–Kier alpha value is -3.40. The van der Waals surface area contributed by atoms with Crippen molar-refractivity contribution in [2.24, 2.45) is 0 Å². The molecule has 0 fully saturated rings. The number of nitrogens with one attached hydrogen (secondary N) is 2. The maximum Gasteiger partial charge on any atom is 0.406 e. The molecule has 1 aliphatic rings. The van der Waals surface area contributed by atoms with Crippen LogP contribution in [0.3, 0.4) is 0 Å². The highest BCUT2D eigenvalue weighted by molar-refractivity contribution is 6.09. The number of carbonyl (C=O) groups is 2. The number of benzene rings is 1. The minimum absolute atomic E-state index is 0.0817. The first-order valence-electron chi connectivity index (χ1n) is 11.1. The minimum Gasteiger partial charge on any atom is -0.449 e. The first-order valence-corrected chi connectivity index (χ1v) is 11.1. The Labute approximate surface area is 194 Å². The summed E-state index contributed by atoms with van der Waals surface area (Å²) in [4.78, 5) is 37.0. The molecule has 1 atom stereocenters. The van der Waals surface area contributed by atoms with Gasteiger partial charge in [0.2, 0.25) is 5.95 Å². The van der Waals surface area contributed by atoms with E-state index in [9.17, 15) is 9.59 Å². The molecular formula is C23H32N6O4. The maximum atomic E-state index is 13.3. The highest BCUT2D eigenvalue weighted by Gasteiger charge is 2.28. The highest BCUT2D eigenvalue weighted by Crippen LogP contribution is 2.27. The molecule has 1 unspecified atom stereocenters. The fraction of sp³-hybridized carbons (Fsp3) is 0.478. The van der Waals surface area contributed by atoms with E-state index in [0.717, 1.165) is 11.3 Å². The van der Waals surface area contributed by atoms with Crippen molar-refractivity contribution in [2.45, 2.75) is 33.0 Å². The Morgan fingerprint density at radius 2 is 2.12 bits per heavy atom. The summed E-state index contributed by atoms with van der Waals surface area (Å²) >= 11 is 0. The summed E-state index contributed by atoms with van der Waals surface area (Å²) in [5.41, 5.74) is 2.23. The summed E-state index contributed by atoms with van der Waals surface area (Å²) in [6.07, 6.45) is 1.65. The van der Waals surface area contributed by atoms with Crippen molar-refractivity contribution in [2.75, 3.05) is 55.5 Å². The van der Waals surface area contributed by atoms with Crippen LogP contribution < -0.4 is 20.4 Å². The number of nitrogens with zero attached hydrogens (tertiary/aromatic N) is 4. The second-order valence-electron chi connectivity index (χ2n) is 7.81. The molecule has 1 aromatic carbocycles. The van der Waals surface area contributed by atoms with Gasteiger partial charge in [0, 0.05) is 52.0 Å². The Balaban J connectivity index is 1.68.